The molecule has 9 heteroatoms. The molecule has 2 fully saturated rings. The van der Waals surface area contributed by atoms with E-state index in [0.717, 1.165) is 25.9 Å². The van der Waals surface area contributed by atoms with Crippen molar-refractivity contribution in [1.82, 2.24) is 24.2 Å². The van der Waals surface area contributed by atoms with Crippen molar-refractivity contribution in [3.05, 3.63) is 29.3 Å². The minimum atomic E-state index is -1.07. The van der Waals surface area contributed by atoms with Crippen LogP contribution in [0.25, 0.3) is 5.78 Å². The highest BCUT2D eigenvalue weighted by molar-refractivity contribution is 6.30. The van der Waals surface area contributed by atoms with Crippen LogP contribution in [0.15, 0.2) is 18.6 Å². The molecule has 8 nitrogen and oxygen atoms in total. The monoisotopic (exact) mass is 379 g/mol. The second-order valence-electron chi connectivity index (χ2n) is 7.09. The van der Waals surface area contributed by atoms with E-state index in [0.29, 0.717) is 30.5 Å². The Morgan fingerprint density at radius 1 is 1.31 bits per heavy atom. The summed E-state index contributed by atoms with van der Waals surface area (Å²) in [5, 5.41) is 11.5. The van der Waals surface area contributed by atoms with Crippen LogP contribution in [-0.4, -0.2) is 86.7 Å². The lowest BCUT2D eigenvalue weighted by molar-refractivity contribution is -0.0524. The van der Waals surface area contributed by atoms with E-state index in [1.54, 1.807) is 21.7 Å². The molecule has 2 aliphatic heterocycles. The van der Waals surface area contributed by atoms with Crippen molar-refractivity contribution < 1.29 is 14.6 Å². The van der Waals surface area contributed by atoms with Gasteiger partial charge in [0.05, 0.1) is 31.0 Å². The van der Waals surface area contributed by atoms with Gasteiger partial charge in [-0.15, -0.1) is 0 Å². The molecule has 0 radical (unpaired) electrons. The van der Waals surface area contributed by atoms with Crippen molar-refractivity contribution in [3.8, 4) is 0 Å². The minimum Gasteiger partial charge on any atom is -0.384 e. The Bertz CT molecular complexity index is 807. The third-order valence-electron chi connectivity index (χ3n) is 4.86. The summed E-state index contributed by atoms with van der Waals surface area (Å²) in [6, 6.07) is 0. The van der Waals surface area contributed by atoms with Crippen molar-refractivity contribution in [3.63, 3.8) is 0 Å². The van der Waals surface area contributed by atoms with Crippen molar-refractivity contribution in [2.75, 3.05) is 45.9 Å². The fourth-order valence-corrected chi connectivity index (χ4v) is 3.82. The summed E-state index contributed by atoms with van der Waals surface area (Å²) in [6.07, 6.45) is 7.06. The second-order valence-corrected chi connectivity index (χ2v) is 7.53. The molecular weight excluding hydrogens is 358 g/mol. The SMILES string of the molecule is O=C(c1cn2cc(Cl)cnc2n1)N1CCOC[C@](O)(CN2CCCC2)C1. The van der Waals surface area contributed by atoms with Gasteiger partial charge in [-0.2, -0.15) is 0 Å². The lowest BCUT2D eigenvalue weighted by atomic mass is 10.0. The topological polar surface area (TPSA) is 83.2 Å². The molecule has 26 heavy (non-hydrogen) atoms. The summed E-state index contributed by atoms with van der Waals surface area (Å²) in [5.74, 6) is 0.174. The van der Waals surface area contributed by atoms with Crippen LogP contribution >= 0.6 is 11.6 Å². The molecule has 0 unspecified atom stereocenters. The Morgan fingerprint density at radius 2 is 2.12 bits per heavy atom. The van der Waals surface area contributed by atoms with E-state index in [1.165, 1.54) is 6.20 Å². The molecule has 2 aliphatic rings. The number of likely N-dealkylation sites (tertiary alicyclic amines) is 1. The van der Waals surface area contributed by atoms with Crippen LogP contribution in [0.1, 0.15) is 23.3 Å². The number of nitrogens with zero attached hydrogens (tertiary/aromatic N) is 5. The van der Waals surface area contributed by atoms with Crippen LogP contribution in [0.4, 0.5) is 0 Å². The van der Waals surface area contributed by atoms with Crippen LogP contribution in [0.3, 0.4) is 0 Å². The van der Waals surface area contributed by atoms with Gasteiger partial charge >= 0.3 is 0 Å². The second kappa shape index (κ2) is 7.11. The quantitative estimate of drug-likeness (QED) is 0.844. The van der Waals surface area contributed by atoms with E-state index in [2.05, 4.69) is 14.9 Å². The number of amides is 1. The fourth-order valence-electron chi connectivity index (χ4n) is 3.67. The van der Waals surface area contributed by atoms with Crippen LogP contribution in [0.5, 0.6) is 0 Å². The summed E-state index contributed by atoms with van der Waals surface area (Å²) in [4.78, 5) is 25.2. The maximum atomic E-state index is 12.9. The van der Waals surface area contributed by atoms with E-state index < -0.39 is 5.60 Å². The van der Waals surface area contributed by atoms with Crippen LogP contribution in [0.2, 0.25) is 5.02 Å². The van der Waals surface area contributed by atoms with Crippen molar-refractivity contribution >= 4 is 23.3 Å². The number of β-amino-alcohol motifs (C(OH)–C–C–N with tert-alkyl or cyclic N) is 1. The largest absolute Gasteiger partial charge is 0.384 e. The summed E-state index contributed by atoms with van der Waals surface area (Å²) < 4.78 is 7.21. The van der Waals surface area contributed by atoms with Crippen LogP contribution in [0, 0.1) is 0 Å². The highest BCUT2D eigenvalue weighted by Gasteiger charge is 2.37. The summed E-state index contributed by atoms with van der Waals surface area (Å²) in [6.45, 7) is 3.75. The normalized spacial score (nSPS) is 24.9. The first-order chi connectivity index (χ1) is 12.5. The van der Waals surface area contributed by atoms with E-state index in [4.69, 9.17) is 16.3 Å². The van der Waals surface area contributed by atoms with Gasteiger partial charge in [0.15, 0.2) is 0 Å². The van der Waals surface area contributed by atoms with Crippen LogP contribution < -0.4 is 0 Å². The summed E-state index contributed by atoms with van der Waals surface area (Å²) in [7, 11) is 0. The number of carbonyl (C=O) groups excluding carboxylic acids is 1. The van der Waals surface area contributed by atoms with Crippen LogP contribution in [-0.2, 0) is 4.74 Å². The zero-order chi connectivity index (χ0) is 18.1. The Kier molecular flexibility index (Phi) is 4.83. The predicted octanol–water partition coefficient (Wildman–Crippen LogP) is 0.682. The molecule has 4 rings (SSSR count). The van der Waals surface area contributed by atoms with Gasteiger partial charge in [0.25, 0.3) is 5.91 Å². The maximum Gasteiger partial charge on any atom is 0.274 e. The van der Waals surface area contributed by atoms with Crippen molar-refractivity contribution in [1.29, 1.82) is 0 Å². The number of hydrogen-bond donors (Lipinski definition) is 1. The molecule has 2 aromatic rings. The third-order valence-corrected chi connectivity index (χ3v) is 5.06. The Balaban J connectivity index is 1.53. The maximum absolute atomic E-state index is 12.9. The minimum absolute atomic E-state index is 0.227. The molecule has 2 saturated heterocycles. The smallest absolute Gasteiger partial charge is 0.274 e. The van der Waals surface area contributed by atoms with Gasteiger partial charge in [0, 0.05) is 25.5 Å². The molecule has 0 spiro atoms. The lowest BCUT2D eigenvalue weighted by Gasteiger charge is -2.33. The standard InChI is InChI=1S/C17H22ClN5O3/c18-13-7-19-16-20-14(9-23(16)8-13)15(24)22-5-6-26-12-17(25,11-22)10-21-3-1-2-4-21/h7-9,25H,1-6,10-12H2/t17-/m0/s1. The van der Waals surface area contributed by atoms with Gasteiger partial charge in [-0.25, -0.2) is 9.97 Å². The number of aliphatic hydroxyl groups is 1. The van der Waals surface area contributed by atoms with E-state index in [9.17, 15) is 9.90 Å². The number of ether oxygens (including phenoxy) is 1. The van der Waals surface area contributed by atoms with Crippen molar-refractivity contribution in [2.24, 2.45) is 0 Å². The first-order valence-corrected chi connectivity index (χ1v) is 9.22. The number of rotatable bonds is 3. The highest BCUT2D eigenvalue weighted by atomic mass is 35.5. The van der Waals surface area contributed by atoms with Gasteiger partial charge in [-0.05, 0) is 25.9 Å². The molecule has 0 saturated carbocycles. The molecule has 0 bridgehead atoms. The average Bonchev–Trinajstić information content (AvgIpc) is 3.21. The first-order valence-electron chi connectivity index (χ1n) is 8.84. The van der Waals surface area contributed by atoms with Gasteiger partial charge < -0.3 is 19.6 Å². The highest BCUT2D eigenvalue weighted by Crippen LogP contribution is 2.19. The van der Waals surface area contributed by atoms with E-state index >= 15 is 0 Å². The fraction of sp³-hybridized carbons (Fsp3) is 0.588. The summed E-state index contributed by atoms with van der Waals surface area (Å²) >= 11 is 5.94. The number of aromatic nitrogens is 3. The zero-order valence-corrected chi connectivity index (χ0v) is 15.2. The number of imidazole rings is 1. The third kappa shape index (κ3) is 3.68. The zero-order valence-electron chi connectivity index (χ0n) is 14.5. The number of carbonyl (C=O) groups is 1. The molecule has 1 N–H and O–H groups in total. The molecule has 0 aliphatic carbocycles. The number of fused-ring (bicyclic) bond motifs is 1. The van der Waals surface area contributed by atoms with E-state index in [1.807, 2.05) is 0 Å². The summed E-state index contributed by atoms with van der Waals surface area (Å²) in [5.41, 5.74) is -0.790. The molecule has 4 heterocycles. The molecule has 1 atom stereocenters. The Hall–Kier alpha value is -1.74. The van der Waals surface area contributed by atoms with Gasteiger partial charge in [-0.3, -0.25) is 9.20 Å². The average molecular weight is 380 g/mol. The predicted molar refractivity (Wildman–Crippen MR) is 95.3 cm³/mol. The van der Waals surface area contributed by atoms with Gasteiger partial charge in [0.2, 0.25) is 5.78 Å². The molecule has 2 aromatic heterocycles. The first kappa shape index (κ1) is 17.7. The Morgan fingerprint density at radius 3 is 2.92 bits per heavy atom. The van der Waals surface area contributed by atoms with E-state index in [-0.39, 0.29) is 24.8 Å². The number of hydrogen-bond acceptors (Lipinski definition) is 6. The van der Waals surface area contributed by atoms with Gasteiger partial charge in [0.1, 0.15) is 11.3 Å². The molecular formula is C17H22ClN5O3. The van der Waals surface area contributed by atoms with Gasteiger partial charge in [-0.1, -0.05) is 11.6 Å². The molecule has 140 valence electrons. The molecule has 0 aromatic carbocycles. The molecule has 1 amide bonds. The number of halogens is 1. The lowest BCUT2D eigenvalue weighted by Crippen LogP contribution is -2.53. The van der Waals surface area contributed by atoms with Crippen molar-refractivity contribution in [2.45, 2.75) is 18.4 Å². The Labute approximate surface area is 156 Å².